The summed E-state index contributed by atoms with van der Waals surface area (Å²) in [6.45, 7) is 6.00. The van der Waals surface area contributed by atoms with E-state index in [0.717, 1.165) is 80.2 Å². The lowest BCUT2D eigenvalue weighted by atomic mass is 9.88. The molecule has 0 saturated carbocycles. The molecule has 0 N–H and O–H groups in total. The Kier molecular flexibility index (Phi) is 6.30. The fraction of sp³-hybridized carbons (Fsp3) is 0.500. The summed E-state index contributed by atoms with van der Waals surface area (Å²) in [5.41, 5.74) is 3.30. The standard InChI is InChI=1S/C26H31FN2O3/c1-18-4-5-19-6-8-22(17-24(19)31-18)30-15-3-2-12-29-13-10-20(11-14-29)26-23-9-7-21(27)16-25(23)32-28-26/h4-6,8,16-18,20H,2-3,7,9-15H2,1H3. The van der Waals surface area contributed by atoms with E-state index in [4.69, 9.17) is 14.0 Å². The van der Waals surface area contributed by atoms with Crippen LogP contribution in [0.1, 0.15) is 67.5 Å². The number of unbranched alkanes of at least 4 members (excludes halogenated alkanes) is 1. The Balaban J connectivity index is 1.02. The van der Waals surface area contributed by atoms with E-state index in [9.17, 15) is 4.39 Å². The van der Waals surface area contributed by atoms with Gasteiger partial charge in [-0.2, -0.15) is 0 Å². The highest BCUT2D eigenvalue weighted by Crippen LogP contribution is 2.35. The second-order valence-corrected chi connectivity index (χ2v) is 9.06. The summed E-state index contributed by atoms with van der Waals surface area (Å²) in [6, 6.07) is 6.06. The van der Waals surface area contributed by atoms with Crippen LogP contribution in [0.3, 0.4) is 0 Å². The van der Waals surface area contributed by atoms with Gasteiger partial charge in [0.2, 0.25) is 0 Å². The summed E-state index contributed by atoms with van der Waals surface area (Å²) in [5.74, 6) is 2.72. The van der Waals surface area contributed by atoms with Crippen LogP contribution in [0.2, 0.25) is 0 Å². The fourth-order valence-electron chi connectivity index (χ4n) is 4.86. The van der Waals surface area contributed by atoms with Crippen molar-refractivity contribution in [2.75, 3.05) is 26.2 Å². The van der Waals surface area contributed by atoms with Crippen LogP contribution in [-0.2, 0) is 6.42 Å². The lowest BCUT2D eigenvalue weighted by Crippen LogP contribution is -2.34. The van der Waals surface area contributed by atoms with Crippen molar-refractivity contribution in [3.8, 4) is 11.5 Å². The van der Waals surface area contributed by atoms with Gasteiger partial charge in [-0.05, 0) is 76.9 Å². The predicted octanol–water partition coefficient (Wildman–Crippen LogP) is 5.76. The highest BCUT2D eigenvalue weighted by Gasteiger charge is 2.28. The van der Waals surface area contributed by atoms with E-state index < -0.39 is 0 Å². The molecule has 1 aromatic heterocycles. The highest BCUT2D eigenvalue weighted by atomic mass is 19.1. The van der Waals surface area contributed by atoms with Crippen LogP contribution in [0.15, 0.2) is 34.6 Å². The van der Waals surface area contributed by atoms with Crippen molar-refractivity contribution in [3.63, 3.8) is 0 Å². The number of aromatic nitrogens is 1. The molecule has 170 valence electrons. The van der Waals surface area contributed by atoms with Crippen molar-refractivity contribution >= 4 is 12.2 Å². The zero-order chi connectivity index (χ0) is 21.9. The summed E-state index contributed by atoms with van der Waals surface area (Å²) in [4.78, 5) is 2.53. The normalized spacial score (nSPS) is 20.9. The molecule has 1 atom stereocenters. The van der Waals surface area contributed by atoms with Crippen LogP contribution in [0.4, 0.5) is 4.39 Å². The van der Waals surface area contributed by atoms with Crippen molar-refractivity contribution in [1.82, 2.24) is 10.1 Å². The first kappa shape index (κ1) is 21.3. The molecule has 6 heteroatoms. The van der Waals surface area contributed by atoms with Crippen molar-refractivity contribution in [2.24, 2.45) is 0 Å². The number of rotatable bonds is 7. The Bertz CT molecular complexity index is 1000. The average Bonchev–Trinajstić information content (AvgIpc) is 3.22. The van der Waals surface area contributed by atoms with E-state index in [1.54, 1.807) is 0 Å². The molecule has 1 aromatic carbocycles. The second kappa shape index (κ2) is 9.49. The summed E-state index contributed by atoms with van der Waals surface area (Å²) in [6.07, 6.45) is 11.3. The molecule has 1 aliphatic carbocycles. The number of ether oxygens (including phenoxy) is 2. The number of fused-ring (bicyclic) bond motifs is 2. The number of hydrogen-bond acceptors (Lipinski definition) is 5. The third-order valence-corrected chi connectivity index (χ3v) is 6.71. The third-order valence-electron chi connectivity index (χ3n) is 6.71. The van der Waals surface area contributed by atoms with Gasteiger partial charge in [0.15, 0.2) is 5.76 Å². The SMILES string of the molecule is CC1C=Cc2ccc(OCCCCN3CCC(c4noc5c4CCC(F)=C5)CC3)cc2O1. The van der Waals surface area contributed by atoms with Gasteiger partial charge in [-0.25, -0.2) is 4.39 Å². The molecule has 2 aromatic rings. The molecule has 5 rings (SSSR count). The minimum absolute atomic E-state index is 0.106. The zero-order valence-corrected chi connectivity index (χ0v) is 18.7. The molecule has 32 heavy (non-hydrogen) atoms. The van der Waals surface area contributed by atoms with Gasteiger partial charge < -0.3 is 18.9 Å². The Morgan fingerprint density at radius 2 is 2.06 bits per heavy atom. The maximum absolute atomic E-state index is 13.5. The van der Waals surface area contributed by atoms with Gasteiger partial charge in [0.05, 0.1) is 12.3 Å². The van der Waals surface area contributed by atoms with Gasteiger partial charge in [0.1, 0.15) is 23.4 Å². The molecule has 5 nitrogen and oxygen atoms in total. The maximum atomic E-state index is 13.5. The Morgan fingerprint density at radius 3 is 2.94 bits per heavy atom. The Morgan fingerprint density at radius 1 is 1.19 bits per heavy atom. The number of benzene rings is 1. The molecule has 2 aliphatic heterocycles. The largest absolute Gasteiger partial charge is 0.493 e. The molecule has 1 fully saturated rings. The summed E-state index contributed by atoms with van der Waals surface area (Å²) < 4.78 is 30.7. The van der Waals surface area contributed by atoms with Gasteiger partial charge in [-0.1, -0.05) is 11.2 Å². The molecular formula is C26H31FN2O3. The minimum atomic E-state index is -0.106. The topological polar surface area (TPSA) is 47.7 Å². The summed E-state index contributed by atoms with van der Waals surface area (Å²) in [7, 11) is 0. The maximum Gasteiger partial charge on any atom is 0.165 e. The van der Waals surface area contributed by atoms with E-state index in [1.807, 2.05) is 19.1 Å². The van der Waals surface area contributed by atoms with Gasteiger partial charge in [-0.15, -0.1) is 0 Å². The Labute approximate surface area is 188 Å². The van der Waals surface area contributed by atoms with Gasteiger partial charge in [0.25, 0.3) is 0 Å². The van der Waals surface area contributed by atoms with Gasteiger partial charge >= 0.3 is 0 Å². The lowest BCUT2D eigenvalue weighted by Gasteiger charge is -2.31. The van der Waals surface area contributed by atoms with Crippen molar-refractivity contribution in [1.29, 1.82) is 0 Å². The first-order valence-electron chi connectivity index (χ1n) is 11.8. The fourth-order valence-corrected chi connectivity index (χ4v) is 4.86. The molecule has 1 saturated heterocycles. The van der Waals surface area contributed by atoms with Crippen molar-refractivity contribution < 1.29 is 18.4 Å². The highest BCUT2D eigenvalue weighted by molar-refractivity contribution is 5.61. The molecule has 3 heterocycles. The summed E-state index contributed by atoms with van der Waals surface area (Å²) >= 11 is 0. The number of halogens is 1. The number of piperidine rings is 1. The van der Waals surface area contributed by atoms with Crippen LogP contribution < -0.4 is 9.47 Å². The van der Waals surface area contributed by atoms with E-state index in [-0.39, 0.29) is 11.9 Å². The van der Waals surface area contributed by atoms with Crippen LogP contribution in [0.25, 0.3) is 12.2 Å². The van der Waals surface area contributed by atoms with Gasteiger partial charge in [0, 0.05) is 35.6 Å². The van der Waals surface area contributed by atoms with E-state index in [1.165, 1.54) is 6.08 Å². The molecule has 0 amide bonds. The molecule has 0 radical (unpaired) electrons. The monoisotopic (exact) mass is 438 g/mol. The number of hydrogen-bond donors (Lipinski definition) is 0. The van der Waals surface area contributed by atoms with Crippen LogP contribution >= 0.6 is 0 Å². The number of likely N-dealkylation sites (tertiary alicyclic amines) is 1. The number of allylic oxidation sites excluding steroid dienone is 1. The predicted molar refractivity (Wildman–Crippen MR) is 123 cm³/mol. The molecule has 3 aliphatic rings. The molecular weight excluding hydrogens is 407 g/mol. The van der Waals surface area contributed by atoms with Crippen LogP contribution in [-0.4, -0.2) is 42.4 Å². The van der Waals surface area contributed by atoms with Crippen molar-refractivity contribution in [2.45, 2.75) is 57.5 Å². The molecule has 1 unspecified atom stereocenters. The van der Waals surface area contributed by atoms with Crippen LogP contribution in [0.5, 0.6) is 11.5 Å². The quantitative estimate of drug-likeness (QED) is 0.514. The van der Waals surface area contributed by atoms with E-state index in [0.29, 0.717) is 24.5 Å². The average molecular weight is 439 g/mol. The second-order valence-electron chi connectivity index (χ2n) is 9.06. The Hall–Kier alpha value is -2.60. The zero-order valence-electron chi connectivity index (χ0n) is 18.7. The minimum Gasteiger partial charge on any atom is -0.493 e. The number of nitrogens with zero attached hydrogens (tertiary/aromatic N) is 2. The van der Waals surface area contributed by atoms with Gasteiger partial charge in [-0.3, -0.25) is 0 Å². The van der Waals surface area contributed by atoms with Crippen LogP contribution in [0, 0.1) is 0 Å². The molecule has 0 bridgehead atoms. The first-order valence-corrected chi connectivity index (χ1v) is 11.8. The smallest absolute Gasteiger partial charge is 0.165 e. The third kappa shape index (κ3) is 4.75. The lowest BCUT2D eigenvalue weighted by molar-refractivity contribution is 0.198. The first-order chi connectivity index (χ1) is 15.7. The van der Waals surface area contributed by atoms with Crippen molar-refractivity contribution in [3.05, 3.63) is 52.7 Å². The molecule has 0 spiro atoms. The van der Waals surface area contributed by atoms with E-state index >= 15 is 0 Å². The summed E-state index contributed by atoms with van der Waals surface area (Å²) in [5, 5.41) is 4.29. The van der Waals surface area contributed by atoms with E-state index in [2.05, 4.69) is 28.3 Å².